The molecule has 3 heterocycles. The van der Waals surface area contributed by atoms with Crippen molar-refractivity contribution < 1.29 is 9.47 Å². The van der Waals surface area contributed by atoms with Gasteiger partial charge in [-0.3, -0.25) is 4.90 Å². The number of hydrogen-bond donors (Lipinski definition) is 0. The van der Waals surface area contributed by atoms with E-state index in [9.17, 15) is 0 Å². The molecule has 0 radical (unpaired) electrons. The van der Waals surface area contributed by atoms with Gasteiger partial charge in [0.15, 0.2) is 0 Å². The van der Waals surface area contributed by atoms with Gasteiger partial charge < -0.3 is 9.47 Å². The van der Waals surface area contributed by atoms with Crippen LogP contribution in [0.15, 0.2) is 11.1 Å². The maximum absolute atomic E-state index is 5.91. The van der Waals surface area contributed by atoms with Gasteiger partial charge in [-0.1, -0.05) is 5.57 Å². The lowest BCUT2D eigenvalue weighted by atomic mass is 9.91. The fourth-order valence-electron chi connectivity index (χ4n) is 3.31. The second-order valence-electron chi connectivity index (χ2n) is 5.99. The van der Waals surface area contributed by atoms with E-state index in [2.05, 4.69) is 18.7 Å². The van der Waals surface area contributed by atoms with Crippen molar-refractivity contribution in [3.63, 3.8) is 0 Å². The molecule has 0 aromatic carbocycles. The molecule has 0 spiro atoms. The Bertz CT molecular complexity index is 331. The van der Waals surface area contributed by atoms with Gasteiger partial charge in [-0.05, 0) is 45.2 Å². The predicted octanol–water partition coefficient (Wildman–Crippen LogP) is 1.98. The molecule has 0 aromatic rings. The largest absolute Gasteiger partial charge is 0.377 e. The first-order valence-corrected chi connectivity index (χ1v) is 6.84. The van der Waals surface area contributed by atoms with Crippen molar-refractivity contribution in [2.45, 2.75) is 44.8 Å². The van der Waals surface area contributed by atoms with Crippen LogP contribution in [-0.4, -0.2) is 49.5 Å². The molecule has 3 aliphatic heterocycles. The molecule has 17 heavy (non-hydrogen) atoms. The van der Waals surface area contributed by atoms with Crippen LogP contribution in [0, 0.1) is 0 Å². The minimum absolute atomic E-state index is 0.322. The third-order valence-corrected chi connectivity index (χ3v) is 4.40. The highest BCUT2D eigenvalue weighted by atomic mass is 16.5. The maximum Gasteiger partial charge on any atom is 0.0706 e. The van der Waals surface area contributed by atoms with E-state index in [1.54, 1.807) is 11.1 Å². The summed E-state index contributed by atoms with van der Waals surface area (Å²) >= 11 is 0. The second-order valence-corrected chi connectivity index (χ2v) is 5.99. The number of nitrogens with zero attached hydrogens (tertiary/aromatic N) is 1. The van der Waals surface area contributed by atoms with Crippen LogP contribution in [0.5, 0.6) is 0 Å². The highest BCUT2D eigenvalue weighted by Crippen LogP contribution is 2.43. The van der Waals surface area contributed by atoms with Crippen LogP contribution < -0.4 is 0 Å². The van der Waals surface area contributed by atoms with Gasteiger partial charge in [-0.2, -0.15) is 0 Å². The monoisotopic (exact) mass is 237 g/mol. The third-order valence-electron chi connectivity index (χ3n) is 4.40. The van der Waals surface area contributed by atoms with Gasteiger partial charge in [0.2, 0.25) is 0 Å². The molecule has 0 aliphatic carbocycles. The first kappa shape index (κ1) is 11.7. The van der Waals surface area contributed by atoms with Gasteiger partial charge in [0.25, 0.3) is 0 Å². The minimum Gasteiger partial charge on any atom is -0.377 e. The van der Waals surface area contributed by atoms with Crippen LogP contribution in [-0.2, 0) is 9.47 Å². The molecular weight excluding hydrogens is 214 g/mol. The number of fused-ring (bicyclic) bond motifs is 1. The summed E-state index contributed by atoms with van der Waals surface area (Å²) in [6.45, 7) is 9.34. The Morgan fingerprint density at radius 2 is 2.18 bits per heavy atom. The predicted molar refractivity (Wildman–Crippen MR) is 67.1 cm³/mol. The zero-order valence-corrected chi connectivity index (χ0v) is 11.0. The van der Waals surface area contributed by atoms with Crippen molar-refractivity contribution >= 4 is 0 Å². The molecule has 0 bridgehead atoms. The van der Waals surface area contributed by atoms with E-state index in [0.717, 1.165) is 19.8 Å². The quantitative estimate of drug-likeness (QED) is 0.701. The number of rotatable bonds is 3. The molecule has 0 amide bonds. The van der Waals surface area contributed by atoms with E-state index >= 15 is 0 Å². The summed E-state index contributed by atoms with van der Waals surface area (Å²) in [6, 6.07) is 0. The van der Waals surface area contributed by atoms with E-state index in [1.165, 1.54) is 32.4 Å². The highest BCUT2D eigenvalue weighted by molar-refractivity contribution is 5.29. The standard InChI is InChI=1S/C14H23NO2/c1-11(2)17-10-14-4-3-5-15(14)7-12(6-14)13-8-16-9-13/h11H,3-10H2,1-2H3/t14-/m0/s1. The molecule has 0 saturated carbocycles. The van der Waals surface area contributed by atoms with E-state index in [4.69, 9.17) is 9.47 Å². The lowest BCUT2D eigenvalue weighted by molar-refractivity contribution is 0.00325. The van der Waals surface area contributed by atoms with E-state index < -0.39 is 0 Å². The molecule has 0 aromatic heterocycles. The van der Waals surface area contributed by atoms with Gasteiger partial charge in [0, 0.05) is 12.1 Å². The third kappa shape index (κ3) is 2.05. The van der Waals surface area contributed by atoms with Crippen molar-refractivity contribution in [3.8, 4) is 0 Å². The van der Waals surface area contributed by atoms with Crippen LogP contribution in [0.4, 0.5) is 0 Å². The molecule has 3 fully saturated rings. The number of hydrogen-bond acceptors (Lipinski definition) is 3. The molecule has 1 atom stereocenters. The summed E-state index contributed by atoms with van der Waals surface area (Å²) in [5, 5.41) is 0. The highest BCUT2D eigenvalue weighted by Gasteiger charge is 2.47. The fraction of sp³-hybridized carbons (Fsp3) is 0.857. The average Bonchev–Trinajstić information content (AvgIpc) is 2.68. The van der Waals surface area contributed by atoms with Crippen LogP contribution >= 0.6 is 0 Å². The summed E-state index contributed by atoms with van der Waals surface area (Å²) in [5.74, 6) is 0. The van der Waals surface area contributed by atoms with Crippen molar-refractivity contribution in [1.82, 2.24) is 4.90 Å². The SMILES string of the molecule is CC(C)OC[C@@]12CCCN1CC(=C1COC1)C2. The lowest BCUT2D eigenvalue weighted by Crippen LogP contribution is -2.43. The van der Waals surface area contributed by atoms with E-state index in [0.29, 0.717) is 11.6 Å². The zero-order valence-electron chi connectivity index (χ0n) is 11.0. The molecule has 3 saturated heterocycles. The lowest BCUT2D eigenvalue weighted by Gasteiger charge is -2.32. The van der Waals surface area contributed by atoms with Crippen LogP contribution in [0.3, 0.4) is 0 Å². The Morgan fingerprint density at radius 3 is 2.82 bits per heavy atom. The Morgan fingerprint density at radius 1 is 1.35 bits per heavy atom. The summed E-state index contributed by atoms with van der Waals surface area (Å²) < 4.78 is 11.2. The second kappa shape index (κ2) is 4.38. The Labute approximate surface area is 104 Å². The van der Waals surface area contributed by atoms with Crippen LogP contribution in [0.1, 0.15) is 33.1 Å². The Hall–Kier alpha value is -0.380. The molecule has 3 rings (SSSR count). The normalized spacial score (nSPS) is 33.4. The Balaban J connectivity index is 1.73. The molecule has 3 nitrogen and oxygen atoms in total. The molecule has 0 N–H and O–H groups in total. The van der Waals surface area contributed by atoms with Crippen molar-refractivity contribution in [3.05, 3.63) is 11.1 Å². The first-order valence-electron chi connectivity index (χ1n) is 6.84. The summed E-state index contributed by atoms with van der Waals surface area (Å²) in [6.07, 6.45) is 4.20. The maximum atomic E-state index is 5.91. The van der Waals surface area contributed by atoms with Gasteiger partial charge in [0.1, 0.15) is 0 Å². The van der Waals surface area contributed by atoms with Gasteiger partial charge >= 0.3 is 0 Å². The topological polar surface area (TPSA) is 21.7 Å². The number of ether oxygens (including phenoxy) is 2. The van der Waals surface area contributed by atoms with Crippen molar-refractivity contribution in [2.75, 3.05) is 32.9 Å². The van der Waals surface area contributed by atoms with E-state index in [-0.39, 0.29) is 0 Å². The Kier molecular flexibility index (Phi) is 3.01. The van der Waals surface area contributed by atoms with Gasteiger partial charge in [0.05, 0.1) is 25.9 Å². The first-order chi connectivity index (χ1) is 8.20. The van der Waals surface area contributed by atoms with Crippen molar-refractivity contribution in [2.24, 2.45) is 0 Å². The van der Waals surface area contributed by atoms with Crippen molar-refractivity contribution in [1.29, 1.82) is 0 Å². The van der Waals surface area contributed by atoms with Crippen LogP contribution in [0.25, 0.3) is 0 Å². The average molecular weight is 237 g/mol. The molecule has 96 valence electrons. The summed E-state index contributed by atoms with van der Waals surface area (Å²) in [4.78, 5) is 2.65. The molecular formula is C14H23NO2. The minimum atomic E-state index is 0.322. The van der Waals surface area contributed by atoms with Crippen LogP contribution in [0.2, 0.25) is 0 Å². The smallest absolute Gasteiger partial charge is 0.0706 e. The summed E-state index contributed by atoms with van der Waals surface area (Å²) in [5.41, 5.74) is 3.52. The molecule has 0 unspecified atom stereocenters. The molecule has 3 heteroatoms. The summed E-state index contributed by atoms with van der Waals surface area (Å²) in [7, 11) is 0. The zero-order chi connectivity index (χ0) is 11.9. The molecule has 3 aliphatic rings. The van der Waals surface area contributed by atoms with Gasteiger partial charge in [-0.25, -0.2) is 0 Å². The fourth-order valence-corrected chi connectivity index (χ4v) is 3.31. The van der Waals surface area contributed by atoms with E-state index in [1.807, 2.05) is 0 Å². The van der Waals surface area contributed by atoms with Gasteiger partial charge in [-0.15, -0.1) is 0 Å².